The largest absolute Gasteiger partial charge is 0.369 e. The molecule has 54 valence electrons. The molecule has 0 radical (unpaired) electrons. The third-order valence-corrected chi connectivity index (χ3v) is 1.60. The van der Waals surface area contributed by atoms with Crippen molar-refractivity contribution in [1.82, 2.24) is 0 Å². The molecule has 3 heteroatoms. The molecule has 1 heterocycles. The molecule has 0 saturated heterocycles. The quantitative estimate of drug-likeness (QED) is 0.557. The van der Waals surface area contributed by atoms with Gasteiger partial charge >= 0.3 is 0 Å². The second-order valence-corrected chi connectivity index (χ2v) is 2.43. The standard InChI is InChI=1S/C7H10N2O/c1-5-4-9-3-2-6(5)7(8)10/h2-6H,1H3,(H2,8,10). The monoisotopic (exact) mass is 138 g/mol. The highest BCUT2D eigenvalue weighted by Gasteiger charge is 2.19. The third-order valence-electron chi connectivity index (χ3n) is 1.60. The Morgan fingerprint density at radius 2 is 2.40 bits per heavy atom. The van der Waals surface area contributed by atoms with Crippen LogP contribution in [0.4, 0.5) is 0 Å². The van der Waals surface area contributed by atoms with Crippen molar-refractivity contribution in [3.05, 3.63) is 12.3 Å². The van der Waals surface area contributed by atoms with Gasteiger partial charge in [0, 0.05) is 18.3 Å². The molecule has 3 nitrogen and oxygen atoms in total. The Morgan fingerprint density at radius 3 is 2.80 bits per heavy atom. The van der Waals surface area contributed by atoms with Crippen molar-refractivity contribution in [2.75, 3.05) is 0 Å². The number of hydrogen-bond donors (Lipinski definition) is 1. The molecule has 2 atom stereocenters. The molecule has 2 unspecified atom stereocenters. The first-order chi connectivity index (χ1) is 4.72. The average molecular weight is 138 g/mol. The lowest BCUT2D eigenvalue weighted by Gasteiger charge is -2.14. The number of aliphatic imine (C=N–C) groups is 1. The second kappa shape index (κ2) is 2.64. The molecule has 0 saturated carbocycles. The maximum absolute atomic E-state index is 10.7. The smallest absolute Gasteiger partial charge is 0.225 e. The molecule has 0 aliphatic carbocycles. The maximum Gasteiger partial charge on any atom is 0.225 e. The summed E-state index contributed by atoms with van der Waals surface area (Å²) in [5, 5.41) is 0. The normalized spacial score (nSPS) is 30.5. The molecule has 0 bridgehead atoms. The summed E-state index contributed by atoms with van der Waals surface area (Å²) in [5.41, 5.74) is 5.11. The number of carbonyl (C=O) groups excluding carboxylic acids is 1. The van der Waals surface area contributed by atoms with Gasteiger partial charge in [-0.25, -0.2) is 0 Å². The molecular weight excluding hydrogens is 128 g/mol. The lowest BCUT2D eigenvalue weighted by atomic mass is 9.93. The summed E-state index contributed by atoms with van der Waals surface area (Å²) in [5.74, 6) is -0.310. The molecule has 1 aliphatic heterocycles. The van der Waals surface area contributed by atoms with Crippen LogP contribution in [0.3, 0.4) is 0 Å². The van der Waals surface area contributed by atoms with Crippen LogP contribution in [0.25, 0.3) is 0 Å². The number of primary amides is 1. The van der Waals surface area contributed by atoms with E-state index >= 15 is 0 Å². The van der Waals surface area contributed by atoms with Crippen LogP contribution in [0, 0.1) is 11.8 Å². The van der Waals surface area contributed by atoms with Gasteiger partial charge in [0.05, 0.1) is 5.92 Å². The van der Waals surface area contributed by atoms with Crippen molar-refractivity contribution in [1.29, 1.82) is 0 Å². The Bertz CT molecular complexity index is 196. The summed E-state index contributed by atoms with van der Waals surface area (Å²) in [6.45, 7) is 1.92. The van der Waals surface area contributed by atoms with Gasteiger partial charge in [0.25, 0.3) is 0 Å². The molecule has 0 aromatic carbocycles. The van der Waals surface area contributed by atoms with Crippen LogP contribution in [-0.4, -0.2) is 12.1 Å². The number of nitrogens with zero attached hydrogens (tertiary/aromatic N) is 1. The maximum atomic E-state index is 10.7. The highest BCUT2D eigenvalue weighted by molar-refractivity contribution is 5.83. The lowest BCUT2D eigenvalue weighted by molar-refractivity contribution is -0.121. The van der Waals surface area contributed by atoms with Gasteiger partial charge in [-0.15, -0.1) is 0 Å². The minimum atomic E-state index is -0.282. The Balaban J connectivity index is 2.70. The molecule has 0 aromatic heterocycles. The molecule has 0 fully saturated rings. The third kappa shape index (κ3) is 1.23. The van der Waals surface area contributed by atoms with Gasteiger partial charge < -0.3 is 5.73 Å². The molecule has 1 rings (SSSR count). The van der Waals surface area contributed by atoms with E-state index in [-0.39, 0.29) is 17.7 Å². The molecule has 0 spiro atoms. The van der Waals surface area contributed by atoms with Gasteiger partial charge in [-0.05, 0) is 0 Å². The number of carbonyl (C=O) groups is 1. The van der Waals surface area contributed by atoms with Crippen LogP contribution in [0.15, 0.2) is 17.3 Å². The first-order valence-electron chi connectivity index (χ1n) is 3.21. The lowest BCUT2D eigenvalue weighted by Crippen LogP contribution is -2.28. The molecule has 10 heavy (non-hydrogen) atoms. The molecule has 1 aliphatic rings. The van der Waals surface area contributed by atoms with E-state index in [1.807, 2.05) is 6.92 Å². The van der Waals surface area contributed by atoms with Gasteiger partial charge in [0.15, 0.2) is 0 Å². The Kier molecular flexibility index (Phi) is 1.85. The first-order valence-corrected chi connectivity index (χ1v) is 3.21. The van der Waals surface area contributed by atoms with Gasteiger partial charge in [-0.2, -0.15) is 0 Å². The van der Waals surface area contributed by atoms with Crippen molar-refractivity contribution >= 4 is 12.1 Å². The zero-order valence-corrected chi connectivity index (χ0v) is 5.82. The predicted octanol–water partition coefficient (Wildman–Crippen LogP) is 0.322. The van der Waals surface area contributed by atoms with Crippen LogP contribution < -0.4 is 5.73 Å². The van der Waals surface area contributed by atoms with Gasteiger partial charge in [-0.1, -0.05) is 13.0 Å². The van der Waals surface area contributed by atoms with E-state index in [1.165, 1.54) is 0 Å². The molecule has 0 aromatic rings. The summed E-state index contributed by atoms with van der Waals surface area (Å²) in [6.07, 6.45) is 5.07. The van der Waals surface area contributed by atoms with E-state index in [0.717, 1.165) is 0 Å². The summed E-state index contributed by atoms with van der Waals surface area (Å²) in [4.78, 5) is 14.6. The van der Waals surface area contributed by atoms with E-state index in [9.17, 15) is 4.79 Å². The molecule has 2 N–H and O–H groups in total. The molecular formula is C7H10N2O. The number of rotatable bonds is 1. The van der Waals surface area contributed by atoms with Crippen LogP contribution in [0.1, 0.15) is 6.92 Å². The summed E-state index contributed by atoms with van der Waals surface area (Å²) in [6, 6.07) is 0. The van der Waals surface area contributed by atoms with E-state index in [2.05, 4.69) is 4.99 Å². The minimum absolute atomic E-state index is 0.141. The number of nitrogens with two attached hydrogens (primary N) is 1. The van der Waals surface area contributed by atoms with Crippen LogP contribution in [-0.2, 0) is 4.79 Å². The molecule has 1 amide bonds. The second-order valence-electron chi connectivity index (χ2n) is 2.43. The fourth-order valence-corrected chi connectivity index (χ4v) is 0.950. The summed E-state index contributed by atoms with van der Waals surface area (Å²) >= 11 is 0. The van der Waals surface area contributed by atoms with Crippen molar-refractivity contribution in [3.63, 3.8) is 0 Å². The fourth-order valence-electron chi connectivity index (χ4n) is 0.950. The fraction of sp³-hybridized carbons (Fsp3) is 0.429. The highest BCUT2D eigenvalue weighted by Crippen LogP contribution is 2.13. The van der Waals surface area contributed by atoms with Crippen molar-refractivity contribution in [2.45, 2.75) is 6.92 Å². The van der Waals surface area contributed by atoms with Gasteiger partial charge in [-0.3, -0.25) is 9.79 Å². The minimum Gasteiger partial charge on any atom is -0.369 e. The van der Waals surface area contributed by atoms with Crippen molar-refractivity contribution < 1.29 is 4.79 Å². The van der Waals surface area contributed by atoms with Crippen LogP contribution in [0.2, 0.25) is 0 Å². The van der Waals surface area contributed by atoms with Crippen LogP contribution in [0.5, 0.6) is 0 Å². The van der Waals surface area contributed by atoms with E-state index in [0.29, 0.717) is 0 Å². The zero-order valence-electron chi connectivity index (χ0n) is 5.82. The summed E-state index contributed by atoms with van der Waals surface area (Å²) < 4.78 is 0. The van der Waals surface area contributed by atoms with Crippen molar-refractivity contribution in [2.24, 2.45) is 22.6 Å². The van der Waals surface area contributed by atoms with Crippen LogP contribution >= 0.6 is 0 Å². The van der Waals surface area contributed by atoms with E-state index < -0.39 is 0 Å². The van der Waals surface area contributed by atoms with Gasteiger partial charge in [0.2, 0.25) is 5.91 Å². The predicted molar refractivity (Wildman–Crippen MR) is 39.5 cm³/mol. The summed E-state index contributed by atoms with van der Waals surface area (Å²) in [7, 11) is 0. The van der Waals surface area contributed by atoms with E-state index in [4.69, 9.17) is 5.73 Å². The van der Waals surface area contributed by atoms with E-state index in [1.54, 1.807) is 18.5 Å². The SMILES string of the molecule is CC1C=NC=CC1C(N)=O. The highest BCUT2D eigenvalue weighted by atomic mass is 16.1. The van der Waals surface area contributed by atoms with Crippen molar-refractivity contribution in [3.8, 4) is 0 Å². The Hall–Kier alpha value is -1.12. The topological polar surface area (TPSA) is 55.4 Å². The number of amides is 1. The van der Waals surface area contributed by atoms with Gasteiger partial charge in [0.1, 0.15) is 0 Å². The Morgan fingerprint density at radius 1 is 1.70 bits per heavy atom. The first kappa shape index (κ1) is 6.99. The zero-order chi connectivity index (χ0) is 7.56. The number of hydrogen-bond acceptors (Lipinski definition) is 2. The Labute approximate surface area is 59.6 Å². The average Bonchev–Trinajstić information content (AvgIpc) is 1.88.